The second kappa shape index (κ2) is 5.28. The minimum atomic E-state index is -0.512. The summed E-state index contributed by atoms with van der Waals surface area (Å²) in [6, 6.07) is 9.81. The van der Waals surface area contributed by atoms with Gasteiger partial charge < -0.3 is 19.9 Å². The third kappa shape index (κ3) is 2.63. The molecule has 0 saturated carbocycles. The van der Waals surface area contributed by atoms with E-state index in [1.54, 1.807) is 0 Å². The van der Waals surface area contributed by atoms with Crippen molar-refractivity contribution in [2.45, 2.75) is 37.4 Å². The third-order valence-electron chi connectivity index (χ3n) is 3.57. The summed E-state index contributed by atoms with van der Waals surface area (Å²) in [5.74, 6) is -0.413. The van der Waals surface area contributed by atoms with Crippen LogP contribution in [0.4, 0.5) is 0 Å². The van der Waals surface area contributed by atoms with Gasteiger partial charge in [-0.1, -0.05) is 30.3 Å². The SMILES string of the molecule is NC(=O)C1CCC2OC(c3ccccc3)OCC2O1. The minimum absolute atomic E-state index is 0.0328. The monoisotopic (exact) mass is 263 g/mol. The van der Waals surface area contributed by atoms with Crippen LogP contribution < -0.4 is 5.73 Å². The van der Waals surface area contributed by atoms with Gasteiger partial charge in [-0.15, -0.1) is 0 Å². The van der Waals surface area contributed by atoms with E-state index in [1.165, 1.54) is 0 Å². The Morgan fingerprint density at radius 2 is 1.89 bits per heavy atom. The highest BCUT2D eigenvalue weighted by molar-refractivity contribution is 5.78. The highest BCUT2D eigenvalue weighted by Crippen LogP contribution is 2.33. The topological polar surface area (TPSA) is 70.8 Å². The van der Waals surface area contributed by atoms with Crippen LogP contribution in [0.15, 0.2) is 30.3 Å². The van der Waals surface area contributed by atoms with E-state index < -0.39 is 12.0 Å². The van der Waals surface area contributed by atoms with Gasteiger partial charge >= 0.3 is 0 Å². The number of carbonyl (C=O) groups excluding carboxylic acids is 1. The zero-order valence-electron chi connectivity index (χ0n) is 10.5. The molecule has 1 aromatic carbocycles. The molecule has 1 amide bonds. The molecule has 2 fully saturated rings. The smallest absolute Gasteiger partial charge is 0.246 e. The summed E-state index contributed by atoms with van der Waals surface area (Å²) >= 11 is 0. The van der Waals surface area contributed by atoms with Gasteiger partial charge in [0.25, 0.3) is 0 Å². The summed E-state index contributed by atoms with van der Waals surface area (Å²) in [6.45, 7) is 0.425. The number of fused-ring (bicyclic) bond motifs is 1. The Labute approximate surface area is 111 Å². The molecular weight excluding hydrogens is 246 g/mol. The van der Waals surface area contributed by atoms with Crippen molar-refractivity contribution in [2.24, 2.45) is 5.73 Å². The Bertz CT molecular complexity index is 450. The summed E-state index contributed by atoms with van der Waals surface area (Å²) < 4.78 is 17.2. The number of nitrogens with two attached hydrogens (primary N) is 1. The molecule has 5 nitrogen and oxygen atoms in total. The largest absolute Gasteiger partial charge is 0.367 e. The maximum atomic E-state index is 11.1. The molecule has 2 aliphatic heterocycles. The molecule has 2 saturated heterocycles. The van der Waals surface area contributed by atoms with E-state index in [2.05, 4.69) is 0 Å². The highest BCUT2D eigenvalue weighted by Gasteiger charge is 2.39. The van der Waals surface area contributed by atoms with Crippen LogP contribution in [0.25, 0.3) is 0 Å². The van der Waals surface area contributed by atoms with Gasteiger partial charge in [0.2, 0.25) is 5.91 Å². The van der Waals surface area contributed by atoms with Gasteiger partial charge in [0.15, 0.2) is 6.29 Å². The van der Waals surface area contributed by atoms with Gasteiger partial charge in [-0.25, -0.2) is 0 Å². The summed E-state index contributed by atoms with van der Waals surface area (Å²) in [4.78, 5) is 11.1. The van der Waals surface area contributed by atoms with Crippen LogP contribution in [0.1, 0.15) is 24.7 Å². The van der Waals surface area contributed by atoms with Crippen molar-refractivity contribution in [1.82, 2.24) is 0 Å². The van der Waals surface area contributed by atoms with E-state index in [0.29, 0.717) is 13.0 Å². The summed E-state index contributed by atoms with van der Waals surface area (Å²) in [6.07, 6.45) is 0.280. The Kier molecular flexibility index (Phi) is 3.50. The number of ether oxygens (including phenoxy) is 3. The van der Waals surface area contributed by atoms with Crippen molar-refractivity contribution in [2.75, 3.05) is 6.61 Å². The molecule has 4 atom stereocenters. The van der Waals surface area contributed by atoms with E-state index in [4.69, 9.17) is 19.9 Å². The van der Waals surface area contributed by atoms with Gasteiger partial charge in [0.05, 0.1) is 12.7 Å². The number of hydrogen-bond acceptors (Lipinski definition) is 4. The fourth-order valence-corrected chi connectivity index (χ4v) is 2.55. The van der Waals surface area contributed by atoms with Gasteiger partial charge in [-0.2, -0.15) is 0 Å². The van der Waals surface area contributed by atoms with Gasteiger partial charge in [0.1, 0.15) is 12.2 Å². The van der Waals surface area contributed by atoms with Crippen molar-refractivity contribution < 1.29 is 19.0 Å². The molecule has 3 rings (SSSR count). The number of amides is 1. The second-order valence-electron chi connectivity index (χ2n) is 4.89. The maximum Gasteiger partial charge on any atom is 0.246 e. The molecule has 0 aliphatic carbocycles. The van der Waals surface area contributed by atoms with Gasteiger partial charge in [0, 0.05) is 5.56 Å². The standard InChI is InChI=1S/C14H17NO4/c15-13(16)11-7-6-10-12(18-11)8-17-14(19-10)9-4-2-1-3-5-9/h1-5,10-12,14H,6-8H2,(H2,15,16). The normalized spacial score (nSPS) is 34.5. The molecule has 1 aromatic rings. The van der Waals surface area contributed by atoms with E-state index in [1.807, 2.05) is 30.3 Å². The van der Waals surface area contributed by atoms with E-state index in [9.17, 15) is 4.79 Å². The molecule has 0 bridgehead atoms. The first-order valence-corrected chi connectivity index (χ1v) is 6.51. The molecule has 5 heteroatoms. The van der Waals surface area contributed by atoms with Crippen LogP contribution in [-0.4, -0.2) is 30.8 Å². The minimum Gasteiger partial charge on any atom is -0.367 e. The number of carbonyl (C=O) groups is 1. The molecule has 0 aromatic heterocycles. The average Bonchev–Trinajstić information content (AvgIpc) is 2.47. The van der Waals surface area contributed by atoms with E-state index in [-0.39, 0.29) is 18.5 Å². The lowest BCUT2D eigenvalue weighted by molar-refractivity contribution is -0.285. The first-order chi connectivity index (χ1) is 9.24. The van der Waals surface area contributed by atoms with E-state index in [0.717, 1.165) is 12.0 Å². The van der Waals surface area contributed by atoms with Gasteiger partial charge in [-0.05, 0) is 12.8 Å². The Balaban J connectivity index is 1.65. The molecule has 2 aliphatic rings. The zero-order valence-corrected chi connectivity index (χ0v) is 10.5. The molecular formula is C14H17NO4. The lowest BCUT2D eigenvalue weighted by Crippen LogP contribution is -2.50. The number of primary amides is 1. The van der Waals surface area contributed by atoms with Crippen LogP contribution >= 0.6 is 0 Å². The maximum absolute atomic E-state index is 11.1. The number of benzene rings is 1. The molecule has 4 unspecified atom stereocenters. The summed E-state index contributed by atoms with van der Waals surface area (Å²) in [5, 5.41) is 0. The zero-order chi connectivity index (χ0) is 13.2. The van der Waals surface area contributed by atoms with Crippen LogP contribution in [0.2, 0.25) is 0 Å². The predicted molar refractivity (Wildman–Crippen MR) is 67.1 cm³/mol. The molecule has 19 heavy (non-hydrogen) atoms. The van der Waals surface area contributed by atoms with Crippen LogP contribution in [0.3, 0.4) is 0 Å². The quantitative estimate of drug-likeness (QED) is 0.868. The van der Waals surface area contributed by atoms with Crippen molar-refractivity contribution in [3.05, 3.63) is 35.9 Å². The lowest BCUT2D eigenvalue weighted by atomic mass is 9.99. The number of hydrogen-bond donors (Lipinski definition) is 1. The van der Waals surface area contributed by atoms with Crippen molar-refractivity contribution in [3.63, 3.8) is 0 Å². The Morgan fingerprint density at radius 1 is 1.11 bits per heavy atom. The van der Waals surface area contributed by atoms with Crippen molar-refractivity contribution in [3.8, 4) is 0 Å². The molecule has 2 N–H and O–H groups in total. The van der Waals surface area contributed by atoms with Crippen molar-refractivity contribution in [1.29, 1.82) is 0 Å². The number of rotatable bonds is 2. The average molecular weight is 263 g/mol. The summed E-state index contributed by atoms with van der Waals surface area (Å²) in [7, 11) is 0. The molecule has 102 valence electrons. The van der Waals surface area contributed by atoms with Crippen LogP contribution in [-0.2, 0) is 19.0 Å². The van der Waals surface area contributed by atoms with Crippen molar-refractivity contribution >= 4 is 5.91 Å². The molecule has 0 radical (unpaired) electrons. The van der Waals surface area contributed by atoms with Crippen LogP contribution in [0.5, 0.6) is 0 Å². The first-order valence-electron chi connectivity index (χ1n) is 6.51. The van der Waals surface area contributed by atoms with E-state index >= 15 is 0 Å². The molecule has 2 heterocycles. The summed E-state index contributed by atoms with van der Waals surface area (Å²) in [5.41, 5.74) is 6.26. The highest BCUT2D eigenvalue weighted by atomic mass is 16.7. The Hall–Kier alpha value is -1.43. The molecule has 0 spiro atoms. The van der Waals surface area contributed by atoms with Crippen LogP contribution in [0, 0.1) is 0 Å². The first kappa shape index (κ1) is 12.6. The fraction of sp³-hybridized carbons (Fsp3) is 0.500. The Morgan fingerprint density at radius 3 is 2.63 bits per heavy atom. The van der Waals surface area contributed by atoms with Gasteiger partial charge in [-0.3, -0.25) is 4.79 Å². The predicted octanol–water partition coefficient (Wildman–Crippen LogP) is 1.13. The fourth-order valence-electron chi connectivity index (χ4n) is 2.55. The second-order valence-corrected chi connectivity index (χ2v) is 4.89. The third-order valence-corrected chi connectivity index (χ3v) is 3.57. The lowest BCUT2D eigenvalue weighted by Gasteiger charge is -2.41.